The second-order valence-electron chi connectivity index (χ2n) is 8.10. The highest BCUT2D eigenvalue weighted by Crippen LogP contribution is 2.23. The zero-order valence-electron chi connectivity index (χ0n) is 18.5. The number of hydrogen-bond acceptors (Lipinski definition) is 6. The molecule has 9 nitrogen and oxygen atoms in total. The molecular formula is C23H28N6O3S. The number of benzene rings is 1. The summed E-state index contributed by atoms with van der Waals surface area (Å²) in [6, 6.07) is 7.26. The predicted octanol–water partition coefficient (Wildman–Crippen LogP) is 2.13. The van der Waals surface area contributed by atoms with Crippen LogP contribution in [-0.2, 0) is 16.1 Å². The van der Waals surface area contributed by atoms with Crippen LogP contribution in [0.3, 0.4) is 0 Å². The van der Waals surface area contributed by atoms with Crippen molar-refractivity contribution in [3.63, 3.8) is 0 Å². The molecule has 2 aromatic heterocycles. The van der Waals surface area contributed by atoms with Gasteiger partial charge in [-0.15, -0.1) is 16.8 Å². The maximum atomic E-state index is 12.8. The summed E-state index contributed by atoms with van der Waals surface area (Å²) < 4.78 is 3.31. The first-order valence-corrected chi connectivity index (χ1v) is 12.2. The van der Waals surface area contributed by atoms with Crippen molar-refractivity contribution < 1.29 is 9.59 Å². The summed E-state index contributed by atoms with van der Waals surface area (Å²) >= 11 is 1.25. The Morgan fingerprint density at radius 3 is 2.67 bits per heavy atom. The van der Waals surface area contributed by atoms with Gasteiger partial charge < -0.3 is 10.6 Å². The Labute approximate surface area is 195 Å². The highest BCUT2D eigenvalue weighted by atomic mass is 32.2. The fourth-order valence-corrected chi connectivity index (χ4v) is 4.97. The molecule has 0 unspecified atom stereocenters. The van der Waals surface area contributed by atoms with Crippen LogP contribution < -0.4 is 16.2 Å². The van der Waals surface area contributed by atoms with Gasteiger partial charge in [-0.2, -0.15) is 0 Å². The quantitative estimate of drug-likeness (QED) is 0.283. The smallest absolute Gasteiger partial charge is 0.263 e. The van der Waals surface area contributed by atoms with Gasteiger partial charge in [0.25, 0.3) is 5.56 Å². The summed E-state index contributed by atoms with van der Waals surface area (Å²) in [4.78, 5) is 37.4. The molecule has 10 heteroatoms. The zero-order chi connectivity index (χ0) is 23.2. The van der Waals surface area contributed by atoms with E-state index in [4.69, 9.17) is 0 Å². The van der Waals surface area contributed by atoms with Gasteiger partial charge >= 0.3 is 0 Å². The minimum Gasteiger partial charge on any atom is -0.354 e. The lowest BCUT2D eigenvalue weighted by atomic mass is 9.89. The second kappa shape index (κ2) is 10.7. The van der Waals surface area contributed by atoms with Crippen molar-refractivity contribution in [2.75, 3.05) is 18.8 Å². The van der Waals surface area contributed by atoms with E-state index >= 15 is 0 Å². The van der Waals surface area contributed by atoms with Gasteiger partial charge in [0, 0.05) is 25.6 Å². The highest BCUT2D eigenvalue weighted by molar-refractivity contribution is 7.99. The van der Waals surface area contributed by atoms with Crippen LogP contribution in [0.25, 0.3) is 16.7 Å². The van der Waals surface area contributed by atoms with E-state index in [0.29, 0.717) is 41.5 Å². The normalized spacial score (nSPS) is 14.4. The Balaban J connectivity index is 1.37. The summed E-state index contributed by atoms with van der Waals surface area (Å²) in [5.41, 5.74) is 0.533. The molecule has 0 aliphatic heterocycles. The standard InChI is InChI=1S/C23H28N6O3S/c1-2-14-28-21(32)17-10-6-7-11-18(17)29-22(28)26-27-23(29)33-15-19(30)24-12-13-25-20(31)16-8-4-3-5-9-16/h2,6-7,10-11,16H,1,3-5,8-9,12-15H2,(H,24,30)(H,25,31). The fourth-order valence-electron chi connectivity index (χ4n) is 4.20. The van der Waals surface area contributed by atoms with Gasteiger partial charge in [-0.1, -0.05) is 49.2 Å². The van der Waals surface area contributed by atoms with E-state index in [9.17, 15) is 14.4 Å². The Bertz CT molecular complexity index is 1230. The highest BCUT2D eigenvalue weighted by Gasteiger charge is 2.20. The number of amides is 2. The van der Waals surface area contributed by atoms with Crippen molar-refractivity contribution in [2.45, 2.75) is 43.8 Å². The SMILES string of the molecule is C=CCn1c(=O)c2ccccc2n2c(SCC(=O)NCCNC(=O)C3CCCCC3)nnc12. The Morgan fingerprint density at radius 1 is 1.12 bits per heavy atom. The summed E-state index contributed by atoms with van der Waals surface area (Å²) in [6.45, 7) is 4.82. The first kappa shape index (κ1) is 23.0. The third-order valence-corrected chi connectivity index (χ3v) is 6.77. The molecule has 33 heavy (non-hydrogen) atoms. The number of aromatic nitrogens is 4. The average Bonchev–Trinajstić information content (AvgIpc) is 3.27. The Hall–Kier alpha value is -3.14. The van der Waals surface area contributed by atoms with Crippen molar-refractivity contribution in [2.24, 2.45) is 5.92 Å². The van der Waals surface area contributed by atoms with E-state index in [0.717, 1.165) is 25.7 Å². The maximum Gasteiger partial charge on any atom is 0.263 e. The number of nitrogens with one attached hydrogen (secondary N) is 2. The molecule has 1 saturated carbocycles. The first-order chi connectivity index (χ1) is 16.1. The van der Waals surface area contributed by atoms with Gasteiger partial charge in [-0.05, 0) is 25.0 Å². The average molecular weight is 469 g/mol. The van der Waals surface area contributed by atoms with Crippen LogP contribution in [0.4, 0.5) is 0 Å². The van der Waals surface area contributed by atoms with Crippen LogP contribution in [0, 0.1) is 5.92 Å². The minimum absolute atomic E-state index is 0.0886. The van der Waals surface area contributed by atoms with Crippen molar-refractivity contribution >= 4 is 40.3 Å². The molecule has 0 radical (unpaired) electrons. The maximum absolute atomic E-state index is 12.8. The van der Waals surface area contributed by atoms with E-state index in [1.807, 2.05) is 18.2 Å². The Kier molecular flexibility index (Phi) is 7.43. The van der Waals surface area contributed by atoms with E-state index < -0.39 is 0 Å². The molecule has 1 aliphatic rings. The molecule has 1 fully saturated rings. The van der Waals surface area contributed by atoms with Crippen LogP contribution in [0.2, 0.25) is 0 Å². The van der Waals surface area contributed by atoms with Crippen molar-refractivity contribution in [3.05, 3.63) is 47.3 Å². The molecule has 174 valence electrons. The summed E-state index contributed by atoms with van der Waals surface area (Å²) in [5, 5.41) is 15.2. The van der Waals surface area contributed by atoms with Gasteiger partial charge in [0.2, 0.25) is 17.6 Å². The molecule has 0 atom stereocenters. The molecule has 0 spiro atoms. The topological polar surface area (TPSA) is 110 Å². The number of carbonyl (C=O) groups is 2. The van der Waals surface area contributed by atoms with Crippen LogP contribution in [0.15, 0.2) is 46.9 Å². The Morgan fingerprint density at radius 2 is 1.88 bits per heavy atom. The molecule has 1 aromatic carbocycles. The van der Waals surface area contributed by atoms with Crippen molar-refractivity contribution in [1.82, 2.24) is 29.8 Å². The van der Waals surface area contributed by atoms with E-state index in [-0.39, 0.29) is 29.0 Å². The number of hydrogen-bond donors (Lipinski definition) is 2. The number of thioether (sulfide) groups is 1. The molecule has 1 aliphatic carbocycles. The van der Waals surface area contributed by atoms with E-state index in [1.54, 1.807) is 16.5 Å². The summed E-state index contributed by atoms with van der Waals surface area (Å²) in [5.74, 6) is 0.594. The molecular weight excluding hydrogens is 440 g/mol. The lowest BCUT2D eigenvalue weighted by molar-refractivity contribution is -0.126. The molecule has 0 bridgehead atoms. The van der Waals surface area contributed by atoms with Gasteiger partial charge in [0.05, 0.1) is 16.7 Å². The molecule has 0 saturated heterocycles. The molecule has 2 N–H and O–H groups in total. The van der Waals surface area contributed by atoms with Crippen LogP contribution in [0.1, 0.15) is 32.1 Å². The number of fused-ring (bicyclic) bond motifs is 3. The van der Waals surface area contributed by atoms with Gasteiger partial charge in [0.15, 0.2) is 5.16 Å². The van der Waals surface area contributed by atoms with E-state index in [1.165, 1.54) is 22.7 Å². The summed E-state index contributed by atoms with van der Waals surface area (Å²) in [7, 11) is 0. The predicted molar refractivity (Wildman–Crippen MR) is 128 cm³/mol. The van der Waals surface area contributed by atoms with Crippen LogP contribution in [0.5, 0.6) is 0 Å². The number of carbonyl (C=O) groups excluding carboxylic acids is 2. The number of rotatable bonds is 9. The molecule has 2 amide bonds. The fraction of sp³-hybridized carbons (Fsp3) is 0.435. The van der Waals surface area contributed by atoms with Crippen LogP contribution >= 0.6 is 11.8 Å². The first-order valence-electron chi connectivity index (χ1n) is 11.2. The van der Waals surface area contributed by atoms with Gasteiger partial charge in [-0.3, -0.25) is 23.4 Å². The third kappa shape index (κ3) is 5.11. The summed E-state index contributed by atoms with van der Waals surface area (Å²) in [6.07, 6.45) is 6.98. The molecule has 4 rings (SSSR count). The monoisotopic (exact) mass is 468 g/mol. The van der Waals surface area contributed by atoms with Crippen LogP contribution in [-0.4, -0.2) is 49.8 Å². The minimum atomic E-state index is -0.160. The lowest BCUT2D eigenvalue weighted by Crippen LogP contribution is -2.38. The molecule has 2 heterocycles. The largest absolute Gasteiger partial charge is 0.354 e. The molecule has 3 aromatic rings. The van der Waals surface area contributed by atoms with Crippen molar-refractivity contribution in [1.29, 1.82) is 0 Å². The van der Waals surface area contributed by atoms with Gasteiger partial charge in [-0.25, -0.2) is 0 Å². The second-order valence-corrected chi connectivity index (χ2v) is 9.05. The number of para-hydroxylation sites is 1. The number of allylic oxidation sites excluding steroid dienone is 1. The number of nitrogens with zero attached hydrogens (tertiary/aromatic N) is 4. The van der Waals surface area contributed by atoms with Crippen molar-refractivity contribution in [3.8, 4) is 0 Å². The van der Waals surface area contributed by atoms with Gasteiger partial charge in [0.1, 0.15) is 0 Å². The lowest BCUT2D eigenvalue weighted by Gasteiger charge is -2.20. The third-order valence-electron chi connectivity index (χ3n) is 5.84. The zero-order valence-corrected chi connectivity index (χ0v) is 19.3. The van der Waals surface area contributed by atoms with E-state index in [2.05, 4.69) is 27.4 Å².